The highest BCUT2D eigenvalue weighted by Crippen LogP contribution is 2.41. The molecule has 0 N–H and O–H groups in total. The van der Waals surface area contributed by atoms with Gasteiger partial charge in [-0.15, -0.1) is 0 Å². The van der Waals surface area contributed by atoms with Crippen LogP contribution in [0.25, 0.3) is 0 Å². The molecule has 0 saturated carbocycles. The van der Waals surface area contributed by atoms with E-state index in [2.05, 4.69) is 0 Å². The van der Waals surface area contributed by atoms with Gasteiger partial charge in [-0.25, -0.2) is 0 Å². The quantitative estimate of drug-likeness (QED) is 0.463. The fourth-order valence-electron chi connectivity index (χ4n) is 3.07. The minimum absolute atomic E-state index is 0.00787. The van der Waals surface area contributed by atoms with E-state index in [0.29, 0.717) is 0 Å². The number of fused-ring (bicyclic) bond motifs is 1. The number of aryl methyl sites for hydroxylation is 2. The van der Waals surface area contributed by atoms with Crippen molar-refractivity contribution in [1.29, 1.82) is 0 Å². The van der Waals surface area contributed by atoms with Crippen molar-refractivity contribution in [3.05, 3.63) is 77.9 Å². The van der Waals surface area contributed by atoms with E-state index in [1.807, 2.05) is 13.8 Å². The van der Waals surface area contributed by atoms with Crippen LogP contribution in [-0.2, 0) is 24.4 Å². The van der Waals surface area contributed by atoms with E-state index < -0.39 is 26.3 Å². The van der Waals surface area contributed by atoms with E-state index in [1.54, 1.807) is 36.4 Å². The molecular formula is C23H22O8S2. The molecule has 0 amide bonds. The molecule has 0 spiro atoms. The highest BCUT2D eigenvalue weighted by atomic mass is 32.2. The molecular weight excluding hydrogens is 468 g/mol. The zero-order valence-electron chi connectivity index (χ0n) is 17.9. The van der Waals surface area contributed by atoms with Gasteiger partial charge in [0.15, 0.2) is 17.6 Å². The molecule has 174 valence electrons. The van der Waals surface area contributed by atoms with Crippen LogP contribution in [-0.4, -0.2) is 36.2 Å². The third kappa shape index (κ3) is 5.29. The van der Waals surface area contributed by atoms with Gasteiger partial charge in [0.25, 0.3) is 10.1 Å². The minimum Gasteiger partial charge on any atom is -0.486 e. The molecule has 1 aliphatic heterocycles. The van der Waals surface area contributed by atoms with Gasteiger partial charge in [0, 0.05) is 0 Å². The first kappa shape index (κ1) is 23.1. The second-order valence-electron chi connectivity index (χ2n) is 7.54. The Morgan fingerprint density at radius 3 is 2.00 bits per heavy atom. The lowest BCUT2D eigenvalue weighted by Gasteiger charge is -2.27. The molecule has 0 bridgehead atoms. The van der Waals surface area contributed by atoms with Gasteiger partial charge < -0.3 is 13.7 Å². The number of rotatable bonds is 7. The monoisotopic (exact) mass is 490 g/mol. The summed E-state index contributed by atoms with van der Waals surface area (Å²) < 4.78 is 72.2. The Labute approximate surface area is 192 Å². The summed E-state index contributed by atoms with van der Waals surface area (Å²) in [5, 5.41) is 0. The zero-order chi connectivity index (χ0) is 23.6. The van der Waals surface area contributed by atoms with E-state index in [1.165, 1.54) is 30.3 Å². The third-order valence-electron chi connectivity index (χ3n) is 4.88. The lowest BCUT2D eigenvalue weighted by atomic mass is 10.2. The zero-order valence-corrected chi connectivity index (χ0v) is 19.6. The van der Waals surface area contributed by atoms with Crippen molar-refractivity contribution in [3.63, 3.8) is 0 Å². The molecule has 1 unspecified atom stereocenters. The average molecular weight is 491 g/mol. The SMILES string of the molecule is Cc1ccc(S(=O)(=O)OCC2COc3cccc(OS(=O)(=O)c4ccc(C)cc4)c3O2)cc1. The van der Waals surface area contributed by atoms with Gasteiger partial charge in [0.05, 0.1) is 4.90 Å². The van der Waals surface area contributed by atoms with Crippen LogP contribution in [0.5, 0.6) is 17.2 Å². The van der Waals surface area contributed by atoms with Crippen LogP contribution in [0, 0.1) is 13.8 Å². The highest BCUT2D eigenvalue weighted by molar-refractivity contribution is 7.87. The van der Waals surface area contributed by atoms with E-state index in [0.717, 1.165) is 11.1 Å². The van der Waals surface area contributed by atoms with Crippen molar-refractivity contribution < 1.29 is 34.7 Å². The van der Waals surface area contributed by atoms with Gasteiger partial charge in [-0.2, -0.15) is 16.8 Å². The van der Waals surface area contributed by atoms with Crippen molar-refractivity contribution in [2.75, 3.05) is 13.2 Å². The fraction of sp³-hybridized carbons (Fsp3) is 0.217. The highest BCUT2D eigenvalue weighted by Gasteiger charge is 2.29. The smallest absolute Gasteiger partial charge is 0.339 e. The summed E-state index contributed by atoms with van der Waals surface area (Å²) in [6.45, 7) is 3.39. The first-order valence-electron chi connectivity index (χ1n) is 10.0. The maximum Gasteiger partial charge on any atom is 0.339 e. The molecule has 3 aromatic carbocycles. The Balaban J connectivity index is 1.49. The van der Waals surface area contributed by atoms with Gasteiger partial charge in [-0.05, 0) is 50.2 Å². The first-order valence-corrected chi connectivity index (χ1v) is 12.9. The molecule has 10 heteroatoms. The number of ether oxygens (including phenoxy) is 2. The Hall–Kier alpha value is -3.08. The van der Waals surface area contributed by atoms with E-state index in [9.17, 15) is 16.8 Å². The summed E-state index contributed by atoms with van der Waals surface area (Å²) >= 11 is 0. The van der Waals surface area contributed by atoms with Crippen LogP contribution in [0.15, 0.2) is 76.5 Å². The molecule has 33 heavy (non-hydrogen) atoms. The van der Waals surface area contributed by atoms with E-state index in [-0.39, 0.29) is 40.3 Å². The number of hydrogen-bond donors (Lipinski definition) is 0. The molecule has 0 radical (unpaired) electrons. The molecule has 1 aliphatic rings. The fourth-order valence-corrected chi connectivity index (χ4v) is 4.94. The molecule has 1 heterocycles. The maximum absolute atomic E-state index is 12.7. The normalized spacial score (nSPS) is 15.8. The van der Waals surface area contributed by atoms with Gasteiger partial charge >= 0.3 is 10.1 Å². The summed E-state index contributed by atoms with van der Waals surface area (Å²) in [7, 11) is -8.11. The van der Waals surface area contributed by atoms with Crippen LogP contribution in [0.2, 0.25) is 0 Å². The van der Waals surface area contributed by atoms with Crippen LogP contribution in [0.4, 0.5) is 0 Å². The summed E-state index contributed by atoms with van der Waals surface area (Å²) in [6.07, 6.45) is -0.801. The molecule has 0 aromatic heterocycles. The predicted molar refractivity (Wildman–Crippen MR) is 120 cm³/mol. The van der Waals surface area contributed by atoms with E-state index >= 15 is 0 Å². The van der Waals surface area contributed by atoms with Crippen LogP contribution in [0.3, 0.4) is 0 Å². The summed E-state index contributed by atoms with van der Waals surface area (Å²) in [6, 6.07) is 17.1. The van der Waals surface area contributed by atoms with E-state index in [4.69, 9.17) is 17.8 Å². The summed E-state index contributed by atoms with van der Waals surface area (Å²) in [4.78, 5) is 0.0185. The van der Waals surface area contributed by atoms with Crippen LogP contribution < -0.4 is 13.7 Å². The van der Waals surface area contributed by atoms with Crippen molar-refractivity contribution in [2.24, 2.45) is 0 Å². The Bertz CT molecular complexity index is 1350. The first-order chi connectivity index (χ1) is 15.6. The largest absolute Gasteiger partial charge is 0.486 e. The Morgan fingerprint density at radius 2 is 1.39 bits per heavy atom. The van der Waals surface area contributed by atoms with Gasteiger partial charge in [0.2, 0.25) is 5.75 Å². The second-order valence-corrected chi connectivity index (χ2v) is 10.7. The average Bonchev–Trinajstić information content (AvgIpc) is 2.78. The lowest BCUT2D eigenvalue weighted by Crippen LogP contribution is -2.34. The molecule has 8 nitrogen and oxygen atoms in total. The molecule has 0 saturated heterocycles. The van der Waals surface area contributed by atoms with Gasteiger partial charge in [-0.3, -0.25) is 4.18 Å². The molecule has 3 aromatic rings. The molecule has 1 atom stereocenters. The van der Waals surface area contributed by atoms with Crippen molar-refractivity contribution in [3.8, 4) is 17.2 Å². The second kappa shape index (κ2) is 9.05. The summed E-state index contributed by atoms with van der Waals surface area (Å²) in [5.74, 6) is 0.268. The topological polar surface area (TPSA) is 105 Å². The van der Waals surface area contributed by atoms with Crippen molar-refractivity contribution in [1.82, 2.24) is 0 Å². The molecule has 0 fully saturated rings. The number of benzene rings is 3. The lowest BCUT2D eigenvalue weighted by molar-refractivity contribution is 0.0538. The van der Waals surface area contributed by atoms with Crippen molar-refractivity contribution >= 4 is 20.2 Å². The number of hydrogen-bond acceptors (Lipinski definition) is 8. The van der Waals surface area contributed by atoms with Gasteiger partial charge in [-0.1, -0.05) is 41.5 Å². The summed E-state index contributed by atoms with van der Waals surface area (Å²) in [5.41, 5.74) is 1.83. The van der Waals surface area contributed by atoms with Crippen molar-refractivity contribution in [2.45, 2.75) is 29.7 Å². The molecule has 4 rings (SSSR count). The van der Waals surface area contributed by atoms with Crippen LogP contribution in [0.1, 0.15) is 11.1 Å². The predicted octanol–water partition coefficient (Wildman–Crippen LogP) is 3.62. The Kier molecular flexibility index (Phi) is 6.33. The number of para-hydroxylation sites is 1. The van der Waals surface area contributed by atoms with Crippen LogP contribution >= 0.6 is 0 Å². The minimum atomic E-state index is -4.12. The molecule has 0 aliphatic carbocycles. The van der Waals surface area contributed by atoms with Gasteiger partial charge in [0.1, 0.15) is 18.1 Å². The Morgan fingerprint density at radius 1 is 0.818 bits per heavy atom. The standard InChI is InChI=1S/C23H22O8S2/c1-16-6-10-19(11-7-16)32(24,25)29-15-18-14-28-21-4-3-5-22(23(21)30-18)31-33(26,27)20-12-8-17(2)9-13-20/h3-13,18H,14-15H2,1-2H3. The maximum atomic E-state index is 12.7. The third-order valence-corrected chi connectivity index (χ3v) is 7.42.